The lowest BCUT2D eigenvalue weighted by Crippen LogP contribution is -2.47. The van der Waals surface area contributed by atoms with Crippen molar-refractivity contribution >= 4 is 34.8 Å². The van der Waals surface area contributed by atoms with E-state index in [1.807, 2.05) is 88.5 Å². The fourth-order valence-corrected chi connectivity index (χ4v) is 7.31. The summed E-state index contributed by atoms with van der Waals surface area (Å²) in [6.07, 6.45) is 6.60. The Labute approximate surface area is 328 Å². The minimum Gasteiger partial charge on any atom is -0.374 e. The molecule has 3 aromatic heterocycles. The van der Waals surface area contributed by atoms with Gasteiger partial charge in [-0.05, 0) is 96.8 Å². The molecule has 2 aliphatic rings. The Kier molecular flexibility index (Phi) is 9.86. The number of carbonyl (C=O) groups is 4. The highest BCUT2D eigenvalue weighted by Gasteiger charge is 2.28. The summed E-state index contributed by atoms with van der Waals surface area (Å²) in [5.74, 6) is -0.642. The van der Waals surface area contributed by atoms with E-state index in [0.717, 1.165) is 64.0 Å². The number of fused-ring (bicyclic) bond motifs is 2. The molecule has 57 heavy (non-hydrogen) atoms. The number of anilines is 1. The first-order chi connectivity index (χ1) is 27.4. The molecule has 4 amide bonds. The second kappa shape index (κ2) is 15.1. The van der Waals surface area contributed by atoms with Crippen molar-refractivity contribution in [2.45, 2.75) is 83.8 Å². The number of amides is 4. The van der Waals surface area contributed by atoms with Crippen LogP contribution < -0.4 is 21.3 Å². The van der Waals surface area contributed by atoms with Gasteiger partial charge in [0, 0.05) is 53.0 Å². The zero-order valence-corrected chi connectivity index (χ0v) is 32.2. The first-order valence-corrected chi connectivity index (χ1v) is 19.1. The van der Waals surface area contributed by atoms with Crippen molar-refractivity contribution in [2.24, 2.45) is 0 Å². The summed E-state index contributed by atoms with van der Waals surface area (Å²) in [6, 6.07) is 21.2. The first kappa shape index (κ1) is 37.2. The summed E-state index contributed by atoms with van der Waals surface area (Å²) in [7, 11) is 0. The number of hydrogen-bond donors (Lipinski definition) is 4. The van der Waals surface area contributed by atoms with Crippen molar-refractivity contribution in [2.75, 3.05) is 5.32 Å². The number of piperidine rings is 1. The van der Waals surface area contributed by atoms with Gasteiger partial charge in [-0.25, -0.2) is 9.50 Å². The third-order valence-corrected chi connectivity index (χ3v) is 10.6. The maximum atomic E-state index is 13.3. The normalized spacial score (nSPS) is 16.8. The summed E-state index contributed by atoms with van der Waals surface area (Å²) in [4.78, 5) is 58.6. The maximum absolute atomic E-state index is 13.3. The second-order valence-corrected chi connectivity index (χ2v) is 15.8. The van der Waals surface area contributed by atoms with Crippen LogP contribution in [-0.2, 0) is 34.4 Å². The number of benzene rings is 3. The molecule has 0 spiro atoms. The van der Waals surface area contributed by atoms with Crippen LogP contribution in [0.15, 0.2) is 83.8 Å². The largest absolute Gasteiger partial charge is 0.374 e. The number of aryl methyl sites for hydroxylation is 2. The van der Waals surface area contributed by atoms with E-state index in [-0.39, 0.29) is 35.0 Å². The molecule has 0 bridgehead atoms. The molecular weight excluding hydrogens is 723 g/mol. The van der Waals surface area contributed by atoms with E-state index in [4.69, 9.17) is 4.52 Å². The molecule has 1 fully saturated rings. The van der Waals surface area contributed by atoms with Crippen LogP contribution in [-0.4, -0.2) is 60.5 Å². The number of carbonyl (C=O) groups excluding carboxylic acids is 4. The van der Waals surface area contributed by atoms with Gasteiger partial charge in [0.15, 0.2) is 0 Å². The Bertz CT molecular complexity index is 2530. The van der Waals surface area contributed by atoms with Crippen LogP contribution in [0.4, 0.5) is 5.69 Å². The average Bonchev–Trinajstić information content (AvgIpc) is 3.88. The van der Waals surface area contributed by atoms with Crippen LogP contribution >= 0.6 is 0 Å². The van der Waals surface area contributed by atoms with E-state index in [2.05, 4.69) is 53.6 Å². The number of nitrogens with one attached hydrogen (secondary N) is 4. The molecule has 14 heteroatoms. The third kappa shape index (κ3) is 8.02. The van der Waals surface area contributed by atoms with Gasteiger partial charge >= 0.3 is 0 Å². The van der Waals surface area contributed by atoms with Gasteiger partial charge in [-0.2, -0.15) is 10.1 Å². The molecule has 1 aliphatic carbocycles. The highest BCUT2D eigenvalue weighted by Crippen LogP contribution is 2.30. The predicted molar refractivity (Wildman–Crippen MR) is 212 cm³/mol. The summed E-state index contributed by atoms with van der Waals surface area (Å²) < 4.78 is 7.06. The predicted octanol–water partition coefficient (Wildman–Crippen LogP) is 5.49. The zero-order valence-electron chi connectivity index (χ0n) is 32.2. The van der Waals surface area contributed by atoms with Gasteiger partial charge < -0.3 is 20.5 Å². The summed E-state index contributed by atoms with van der Waals surface area (Å²) in [5.41, 5.74) is 9.76. The molecule has 2 unspecified atom stereocenters. The molecule has 1 aliphatic heterocycles. The Balaban J connectivity index is 0.892. The molecule has 6 aromatic rings. The van der Waals surface area contributed by atoms with E-state index >= 15 is 0 Å². The Morgan fingerprint density at radius 2 is 1.72 bits per heavy atom. The molecule has 2 atom stereocenters. The summed E-state index contributed by atoms with van der Waals surface area (Å²) >= 11 is 0. The number of hydrogen-bond acceptors (Lipinski definition) is 10. The Hall–Kier alpha value is -6.70. The minimum absolute atomic E-state index is 0.00229. The van der Waals surface area contributed by atoms with Crippen LogP contribution in [0, 0.1) is 6.92 Å². The van der Waals surface area contributed by atoms with Crippen LogP contribution in [0.1, 0.15) is 89.2 Å². The van der Waals surface area contributed by atoms with Gasteiger partial charge in [-0.3, -0.25) is 24.5 Å². The molecule has 4 N–H and O–H groups in total. The Morgan fingerprint density at radius 3 is 2.47 bits per heavy atom. The van der Waals surface area contributed by atoms with Gasteiger partial charge in [0.1, 0.15) is 12.4 Å². The van der Waals surface area contributed by atoms with Crippen molar-refractivity contribution in [1.29, 1.82) is 0 Å². The molecule has 290 valence electrons. The van der Waals surface area contributed by atoms with E-state index in [0.29, 0.717) is 30.8 Å². The smallest absolute Gasteiger partial charge is 0.292 e. The van der Waals surface area contributed by atoms with E-state index in [9.17, 15) is 19.2 Å². The molecular formula is C43H43N9O5. The van der Waals surface area contributed by atoms with Gasteiger partial charge in [0.25, 0.3) is 17.6 Å². The minimum atomic E-state index is -0.429. The highest BCUT2D eigenvalue weighted by molar-refractivity contribution is 6.01. The van der Waals surface area contributed by atoms with Gasteiger partial charge in [0.05, 0.1) is 11.2 Å². The molecule has 0 radical (unpaired) electrons. The van der Waals surface area contributed by atoms with Gasteiger partial charge in [-0.1, -0.05) is 56.3 Å². The van der Waals surface area contributed by atoms with Gasteiger partial charge in [0.2, 0.25) is 17.7 Å². The van der Waals surface area contributed by atoms with Crippen molar-refractivity contribution in [3.63, 3.8) is 0 Å². The Morgan fingerprint density at radius 1 is 0.912 bits per heavy atom. The summed E-state index contributed by atoms with van der Waals surface area (Å²) in [5, 5.41) is 20.0. The molecule has 0 saturated carbocycles. The maximum Gasteiger partial charge on any atom is 0.292 e. The molecule has 8 rings (SSSR count). The van der Waals surface area contributed by atoms with E-state index < -0.39 is 11.9 Å². The number of imide groups is 1. The molecule has 1 saturated heterocycles. The molecule has 3 aromatic carbocycles. The van der Waals surface area contributed by atoms with Gasteiger partial charge in [-0.15, -0.1) is 0 Å². The van der Waals surface area contributed by atoms with Crippen LogP contribution in [0.25, 0.3) is 27.9 Å². The van der Waals surface area contributed by atoms with Crippen LogP contribution in [0.3, 0.4) is 0 Å². The van der Waals surface area contributed by atoms with E-state index in [1.54, 1.807) is 4.52 Å². The second-order valence-electron chi connectivity index (χ2n) is 15.8. The monoisotopic (exact) mass is 765 g/mol. The average molecular weight is 766 g/mol. The molecule has 14 nitrogen and oxygen atoms in total. The van der Waals surface area contributed by atoms with Crippen LogP contribution in [0.5, 0.6) is 0 Å². The molecule has 4 heterocycles. The topological polar surface area (TPSA) is 186 Å². The SMILES string of the molecule is Cc1cc(-c2ncnn3cc(-c4ccc(C(=O)NC5CCc6cc(NC7CCC(=O)NC7=O)ccc6C5)cc4)cc23)ccc1CNC(=O)c1noc(C(C)(C)C)n1. The van der Waals surface area contributed by atoms with Crippen molar-refractivity contribution in [3.8, 4) is 22.4 Å². The number of rotatable bonds is 9. The van der Waals surface area contributed by atoms with Crippen molar-refractivity contribution < 1.29 is 23.7 Å². The third-order valence-electron chi connectivity index (χ3n) is 10.6. The highest BCUT2D eigenvalue weighted by atomic mass is 16.5. The van der Waals surface area contributed by atoms with Crippen molar-refractivity contribution in [3.05, 3.63) is 119 Å². The lowest BCUT2D eigenvalue weighted by Gasteiger charge is -2.27. The lowest BCUT2D eigenvalue weighted by molar-refractivity contribution is -0.133. The first-order valence-electron chi connectivity index (χ1n) is 19.1. The number of aromatic nitrogens is 5. The zero-order chi connectivity index (χ0) is 39.8. The fourth-order valence-electron chi connectivity index (χ4n) is 7.31. The summed E-state index contributed by atoms with van der Waals surface area (Å²) in [6.45, 7) is 8.12. The lowest BCUT2D eigenvalue weighted by atomic mass is 9.87. The standard InChI is InChI=1S/C43H43N9O5/c1-24-17-29(9-10-30(24)21-44-41(56)38-50-42(57-51-38)43(2,3)4)37-35-20-31(22-52(35)46-23-45-37)25-5-7-26(8-6-25)39(54)48-33-14-12-27-18-32(13-11-28(27)19-33)47-34-15-16-36(53)49-40(34)55/h5-11,13,17-18,20,22-23,33-34,47H,12,14-16,19,21H2,1-4H3,(H,44,56)(H,48,54)(H,49,53,55). The number of nitrogens with zero attached hydrogens (tertiary/aromatic N) is 5. The van der Waals surface area contributed by atoms with Crippen molar-refractivity contribution in [1.82, 2.24) is 40.7 Å². The van der Waals surface area contributed by atoms with E-state index in [1.165, 1.54) is 17.5 Å². The quantitative estimate of drug-likeness (QED) is 0.137. The van der Waals surface area contributed by atoms with Crippen LogP contribution in [0.2, 0.25) is 0 Å². The fraction of sp³-hybridized carbons (Fsp3) is 0.302.